The first kappa shape index (κ1) is 16.2. The lowest BCUT2D eigenvalue weighted by molar-refractivity contribution is 0.0272. The molecular weight excluding hydrogens is 294 g/mol. The molecule has 1 aromatic carbocycles. The Bertz CT molecular complexity index is 571. The molecule has 1 saturated heterocycles. The van der Waals surface area contributed by atoms with Gasteiger partial charge in [-0.05, 0) is 24.7 Å². The van der Waals surface area contributed by atoms with Crippen LogP contribution in [0.3, 0.4) is 0 Å². The first-order valence-corrected chi connectivity index (χ1v) is 8.22. The van der Waals surface area contributed by atoms with Crippen LogP contribution in [0.1, 0.15) is 5.56 Å². The van der Waals surface area contributed by atoms with Crippen molar-refractivity contribution in [2.24, 2.45) is 0 Å². The van der Waals surface area contributed by atoms with Crippen LogP contribution < -0.4 is 14.9 Å². The molecule has 1 fully saturated rings. The molecule has 1 heterocycles. The third-order valence-corrected chi connectivity index (χ3v) is 4.57. The van der Waals surface area contributed by atoms with Crippen molar-refractivity contribution < 1.29 is 17.9 Å². The smallest absolute Gasteiger partial charge is 0.257 e. The SMILES string of the molecule is CNCc1ccc(S(=O)(=O)NN2CCOCC2)c(OC)c1. The Morgan fingerprint density at radius 3 is 2.67 bits per heavy atom. The highest BCUT2D eigenvalue weighted by Gasteiger charge is 2.23. The first-order valence-electron chi connectivity index (χ1n) is 6.73. The van der Waals surface area contributed by atoms with Crippen molar-refractivity contribution in [1.29, 1.82) is 0 Å². The summed E-state index contributed by atoms with van der Waals surface area (Å²) >= 11 is 0. The number of rotatable bonds is 6. The number of methoxy groups -OCH3 is 1. The molecule has 0 amide bonds. The molecule has 1 aromatic rings. The fourth-order valence-corrected chi connectivity index (χ4v) is 3.40. The molecule has 0 saturated carbocycles. The Kier molecular flexibility index (Phi) is 5.54. The van der Waals surface area contributed by atoms with Gasteiger partial charge in [-0.3, -0.25) is 0 Å². The Morgan fingerprint density at radius 2 is 2.05 bits per heavy atom. The van der Waals surface area contributed by atoms with Crippen LogP contribution in [-0.2, 0) is 21.3 Å². The minimum atomic E-state index is -3.66. The zero-order chi connectivity index (χ0) is 15.3. The lowest BCUT2D eigenvalue weighted by atomic mass is 10.2. The van der Waals surface area contributed by atoms with Crippen molar-refractivity contribution in [2.45, 2.75) is 11.4 Å². The maximum Gasteiger partial charge on any atom is 0.257 e. The predicted molar refractivity (Wildman–Crippen MR) is 78.5 cm³/mol. The number of nitrogens with one attached hydrogen (secondary N) is 2. The molecule has 2 rings (SSSR count). The molecule has 0 aliphatic carbocycles. The normalized spacial score (nSPS) is 16.9. The van der Waals surface area contributed by atoms with Crippen LogP contribution in [0, 0.1) is 0 Å². The summed E-state index contributed by atoms with van der Waals surface area (Å²) in [7, 11) is -0.364. The summed E-state index contributed by atoms with van der Waals surface area (Å²) in [5.41, 5.74) is 0.958. The van der Waals surface area contributed by atoms with E-state index in [1.54, 1.807) is 23.2 Å². The van der Waals surface area contributed by atoms with Crippen molar-refractivity contribution in [1.82, 2.24) is 15.2 Å². The average Bonchev–Trinajstić information content (AvgIpc) is 2.48. The Labute approximate surface area is 125 Å². The highest BCUT2D eigenvalue weighted by Crippen LogP contribution is 2.25. The summed E-state index contributed by atoms with van der Waals surface area (Å²) in [5, 5.41) is 4.66. The van der Waals surface area contributed by atoms with Gasteiger partial charge in [-0.25, -0.2) is 13.4 Å². The Hall–Kier alpha value is -1.19. The molecule has 1 aliphatic rings. The zero-order valence-electron chi connectivity index (χ0n) is 12.3. The highest BCUT2D eigenvalue weighted by atomic mass is 32.2. The standard InChI is InChI=1S/C13H21N3O4S/c1-14-10-11-3-4-13(12(9-11)19-2)21(17,18)15-16-5-7-20-8-6-16/h3-4,9,14-15H,5-8,10H2,1-2H3. The number of morpholine rings is 1. The second kappa shape index (κ2) is 7.19. The second-order valence-corrected chi connectivity index (χ2v) is 6.34. The van der Waals surface area contributed by atoms with Gasteiger partial charge >= 0.3 is 0 Å². The van der Waals surface area contributed by atoms with E-state index in [0.29, 0.717) is 38.6 Å². The van der Waals surface area contributed by atoms with E-state index in [1.165, 1.54) is 7.11 Å². The fraction of sp³-hybridized carbons (Fsp3) is 0.538. The third kappa shape index (κ3) is 4.14. The number of hydrogen-bond donors (Lipinski definition) is 2. The lowest BCUT2D eigenvalue weighted by Gasteiger charge is -2.27. The van der Waals surface area contributed by atoms with Crippen LogP contribution in [0.25, 0.3) is 0 Å². The number of benzene rings is 1. The molecule has 0 bridgehead atoms. The van der Waals surface area contributed by atoms with Crippen LogP contribution in [-0.4, -0.2) is 53.9 Å². The van der Waals surface area contributed by atoms with Gasteiger partial charge in [0.1, 0.15) is 10.6 Å². The van der Waals surface area contributed by atoms with Gasteiger partial charge in [0, 0.05) is 19.6 Å². The Morgan fingerprint density at radius 1 is 1.33 bits per heavy atom. The second-order valence-electron chi connectivity index (χ2n) is 4.71. The molecule has 8 heteroatoms. The lowest BCUT2D eigenvalue weighted by Crippen LogP contribution is -2.48. The quantitative estimate of drug-likeness (QED) is 0.766. The fourth-order valence-electron chi connectivity index (χ4n) is 2.12. The van der Waals surface area contributed by atoms with Gasteiger partial charge in [0.25, 0.3) is 10.0 Å². The average molecular weight is 315 g/mol. The molecule has 0 atom stereocenters. The topological polar surface area (TPSA) is 79.9 Å². The van der Waals surface area contributed by atoms with Crippen LogP contribution in [0.4, 0.5) is 0 Å². The summed E-state index contributed by atoms with van der Waals surface area (Å²) in [6.07, 6.45) is 0. The molecule has 0 spiro atoms. The maximum absolute atomic E-state index is 12.5. The van der Waals surface area contributed by atoms with Crippen LogP contribution in [0.2, 0.25) is 0 Å². The highest BCUT2D eigenvalue weighted by molar-refractivity contribution is 7.89. The van der Waals surface area contributed by atoms with E-state index in [4.69, 9.17) is 9.47 Å². The Balaban J connectivity index is 2.21. The number of nitrogens with zero attached hydrogens (tertiary/aromatic N) is 1. The zero-order valence-corrected chi connectivity index (χ0v) is 13.1. The molecule has 21 heavy (non-hydrogen) atoms. The number of hydrazine groups is 1. The van der Waals surface area contributed by atoms with E-state index in [1.807, 2.05) is 7.05 Å². The predicted octanol–water partition coefficient (Wildman–Crippen LogP) is -0.0599. The van der Waals surface area contributed by atoms with Gasteiger partial charge in [-0.15, -0.1) is 4.83 Å². The summed E-state index contributed by atoms with van der Waals surface area (Å²) in [4.78, 5) is 2.70. The molecule has 118 valence electrons. The van der Waals surface area contributed by atoms with Gasteiger partial charge in [0.05, 0.1) is 20.3 Å². The summed E-state index contributed by atoms with van der Waals surface area (Å²) < 4.78 is 35.3. The largest absolute Gasteiger partial charge is 0.495 e. The van der Waals surface area contributed by atoms with Crippen molar-refractivity contribution in [3.05, 3.63) is 23.8 Å². The molecule has 2 N–H and O–H groups in total. The van der Waals surface area contributed by atoms with Gasteiger partial charge in [0.15, 0.2) is 0 Å². The van der Waals surface area contributed by atoms with Crippen LogP contribution in [0.5, 0.6) is 5.75 Å². The van der Waals surface area contributed by atoms with E-state index in [2.05, 4.69) is 10.1 Å². The maximum atomic E-state index is 12.5. The molecule has 0 aromatic heterocycles. The minimum Gasteiger partial charge on any atom is -0.495 e. The molecule has 0 unspecified atom stereocenters. The van der Waals surface area contributed by atoms with Crippen LogP contribution in [0.15, 0.2) is 23.1 Å². The van der Waals surface area contributed by atoms with E-state index in [0.717, 1.165) is 5.56 Å². The van der Waals surface area contributed by atoms with Crippen molar-refractivity contribution in [3.63, 3.8) is 0 Å². The summed E-state index contributed by atoms with van der Waals surface area (Å²) in [6, 6.07) is 5.06. The molecule has 1 aliphatic heterocycles. The molecule has 0 radical (unpaired) electrons. The van der Waals surface area contributed by atoms with E-state index in [-0.39, 0.29) is 4.90 Å². The van der Waals surface area contributed by atoms with Crippen molar-refractivity contribution >= 4 is 10.0 Å². The van der Waals surface area contributed by atoms with E-state index < -0.39 is 10.0 Å². The van der Waals surface area contributed by atoms with Gasteiger partial charge in [0.2, 0.25) is 0 Å². The van der Waals surface area contributed by atoms with Crippen molar-refractivity contribution in [3.8, 4) is 5.75 Å². The summed E-state index contributed by atoms with van der Waals surface area (Å²) in [6.45, 7) is 2.73. The van der Waals surface area contributed by atoms with E-state index in [9.17, 15) is 8.42 Å². The molecule has 7 nitrogen and oxygen atoms in total. The summed E-state index contributed by atoms with van der Waals surface area (Å²) in [5.74, 6) is 0.337. The third-order valence-electron chi connectivity index (χ3n) is 3.16. The van der Waals surface area contributed by atoms with Gasteiger partial charge in [-0.2, -0.15) is 0 Å². The van der Waals surface area contributed by atoms with E-state index >= 15 is 0 Å². The first-order chi connectivity index (χ1) is 10.1. The monoisotopic (exact) mass is 315 g/mol. The number of hydrogen-bond acceptors (Lipinski definition) is 6. The van der Waals surface area contributed by atoms with Crippen molar-refractivity contribution in [2.75, 3.05) is 40.5 Å². The van der Waals surface area contributed by atoms with Gasteiger partial charge in [-0.1, -0.05) is 6.07 Å². The number of ether oxygens (including phenoxy) is 2. The van der Waals surface area contributed by atoms with Crippen LogP contribution >= 0.6 is 0 Å². The molecular formula is C13H21N3O4S. The van der Waals surface area contributed by atoms with Gasteiger partial charge < -0.3 is 14.8 Å². The number of sulfonamides is 1. The minimum absolute atomic E-state index is 0.136.